The third-order valence-corrected chi connectivity index (χ3v) is 2.41. The highest BCUT2D eigenvalue weighted by Gasteiger charge is 2.03. The van der Waals surface area contributed by atoms with Gasteiger partial charge in [-0.1, -0.05) is 6.08 Å². The van der Waals surface area contributed by atoms with Crippen LogP contribution in [-0.2, 0) is 0 Å². The predicted octanol–water partition coefficient (Wildman–Crippen LogP) is 3.24. The molecule has 0 aliphatic heterocycles. The Labute approximate surface area is 94.8 Å². The first-order chi connectivity index (χ1) is 7.86. The Morgan fingerprint density at radius 3 is 3.00 bits per heavy atom. The molecule has 2 aromatic rings. The minimum atomic E-state index is 0.292. The molecule has 0 amide bonds. The van der Waals surface area contributed by atoms with E-state index in [1.54, 1.807) is 18.8 Å². The monoisotopic (exact) mass is 217 g/mol. The molecule has 2 rings (SSSR count). The third kappa shape index (κ3) is 2.87. The van der Waals surface area contributed by atoms with Gasteiger partial charge in [-0.3, -0.25) is 0 Å². The van der Waals surface area contributed by atoms with Crippen LogP contribution < -0.4 is 5.32 Å². The van der Waals surface area contributed by atoms with E-state index in [-0.39, 0.29) is 0 Å². The number of rotatable bonds is 5. The molecule has 1 N–H and O–H groups in total. The summed E-state index contributed by atoms with van der Waals surface area (Å²) in [6.45, 7) is 2.90. The van der Waals surface area contributed by atoms with Gasteiger partial charge in [0.2, 0.25) is 0 Å². The molecule has 0 radical (unpaired) electrons. The van der Waals surface area contributed by atoms with E-state index in [1.165, 1.54) is 0 Å². The van der Waals surface area contributed by atoms with Crippen LogP contribution in [0.25, 0.3) is 6.08 Å². The van der Waals surface area contributed by atoms with Crippen molar-refractivity contribution >= 4 is 6.08 Å². The van der Waals surface area contributed by atoms with Gasteiger partial charge in [-0.05, 0) is 31.2 Å². The lowest BCUT2D eigenvalue weighted by molar-refractivity contribution is 0.548. The quantitative estimate of drug-likeness (QED) is 0.835. The summed E-state index contributed by atoms with van der Waals surface area (Å²) in [5.74, 6) is 0.873. The molecule has 0 aliphatic rings. The van der Waals surface area contributed by atoms with E-state index in [0.717, 1.165) is 17.9 Å². The molecule has 0 saturated heterocycles. The largest absolute Gasteiger partial charge is 0.472 e. The zero-order chi connectivity index (χ0) is 11.2. The van der Waals surface area contributed by atoms with Crippen molar-refractivity contribution in [3.8, 4) is 0 Å². The second-order valence-electron chi connectivity index (χ2n) is 3.60. The van der Waals surface area contributed by atoms with Crippen LogP contribution in [0.15, 0.2) is 51.9 Å². The Bertz CT molecular complexity index is 415. The summed E-state index contributed by atoms with van der Waals surface area (Å²) in [6.07, 6.45) is 9.10. The van der Waals surface area contributed by atoms with Crippen LogP contribution in [0.5, 0.6) is 0 Å². The van der Waals surface area contributed by atoms with Crippen molar-refractivity contribution in [3.63, 3.8) is 0 Å². The van der Waals surface area contributed by atoms with Crippen molar-refractivity contribution in [2.45, 2.75) is 13.0 Å². The summed E-state index contributed by atoms with van der Waals surface area (Å²) in [4.78, 5) is 0. The van der Waals surface area contributed by atoms with Gasteiger partial charge in [0.25, 0.3) is 0 Å². The lowest BCUT2D eigenvalue weighted by Gasteiger charge is -2.08. The Kier molecular flexibility index (Phi) is 3.62. The van der Waals surface area contributed by atoms with Gasteiger partial charge in [0.05, 0.1) is 18.8 Å². The molecule has 1 unspecified atom stereocenters. The molecule has 84 valence electrons. The van der Waals surface area contributed by atoms with Gasteiger partial charge < -0.3 is 14.2 Å². The first-order valence-corrected chi connectivity index (χ1v) is 5.32. The predicted molar refractivity (Wildman–Crippen MR) is 62.9 cm³/mol. The van der Waals surface area contributed by atoms with Gasteiger partial charge in [0, 0.05) is 18.2 Å². The minimum Gasteiger partial charge on any atom is -0.472 e. The fourth-order valence-electron chi connectivity index (χ4n) is 1.45. The Hall–Kier alpha value is -1.74. The van der Waals surface area contributed by atoms with Crippen molar-refractivity contribution in [1.82, 2.24) is 5.32 Å². The summed E-state index contributed by atoms with van der Waals surface area (Å²) < 4.78 is 10.2. The van der Waals surface area contributed by atoms with E-state index >= 15 is 0 Å². The summed E-state index contributed by atoms with van der Waals surface area (Å²) in [7, 11) is 0. The molecule has 3 nitrogen and oxygen atoms in total. The zero-order valence-corrected chi connectivity index (χ0v) is 9.22. The number of furan rings is 2. The molecule has 0 fully saturated rings. The minimum absolute atomic E-state index is 0.292. The summed E-state index contributed by atoms with van der Waals surface area (Å²) in [5, 5.41) is 3.36. The van der Waals surface area contributed by atoms with Crippen molar-refractivity contribution < 1.29 is 8.83 Å². The zero-order valence-electron chi connectivity index (χ0n) is 9.22. The lowest BCUT2D eigenvalue weighted by atomic mass is 10.2. The number of nitrogens with one attached hydrogen (secondary N) is 1. The molecule has 2 aromatic heterocycles. The van der Waals surface area contributed by atoms with Crippen molar-refractivity contribution in [2.75, 3.05) is 6.54 Å². The molecule has 3 heteroatoms. The fraction of sp³-hybridized carbons (Fsp3) is 0.231. The Morgan fingerprint density at radius 2 is 2.31 bits per heavy atom. The second kappa shape index (κ2) is 5.37. The van der Waals surface area contributed by atoms with Crippen LogP contribution in [0.3, 0.4) is 0 Å². The van der Waals surface area contributed by atoms with E-state index in [0.29, 0.717) is 6.04 Å². The molecule has 0 spiro atoms. The average molecular weight is 217 g/mol. The standard InChI is InChI=1S/C13H15NO2/c1-11(12-6-9-15-10-12)14-7-2-4-13-5-3-8-16-13/h2-6,8-11,14H,7H2,1H3/b4-2+. The molecular weight excluding hydrogens is 202 g/mol. The second-order valence-corrected chi connectivity index (χ2v) is 3.60. The fourth-order valence-corrected chi connectivity index (χ4v) is 1.45. The van der Waals surface area contributed by atoms with Crippen LogP contribution >= 0.6 is 0 Å². The molecular formula is C13H15NO2. The van der Waals surface area contributed by atoms with Crippen LogP contribution in [0.1, 0.15) is 24.3 Å². The topological polar surface area (TPSA) is 38.3 Å². The van der Waals surface area contributed by atoms with Crippen LogP contribution in [-0.4, -0.2) is 6.54 Å². The van der Waals surface area contributed by atoms with E-state index in [4.69, 9.17) is 8.83 Å². The summed E-state index contributed by atoms with van der Waals surface area (Å²) in [5.41, 5.74) is 1.16. The maximum Gasteiger partial charge on any atom is 0.126 e. The van der Waals surface area contributed by atoms with Gasteiger partial charge in [-0.15, -0.1) is 0 Å². The highest BCUT2D eigenvalue weighted by atomic mass is 16.3. The third-order valence-electron chi connectivity index (χ3n) is 2.41. The van der Waals surface area contributed by atoms with Gasteiger partial charge in [-0.2, -0.15) is 0 Å². The summed E-state index contributed by atoms with van der Waals surface area (Å²) >= 11 is 0. The highest BCUT2D eigenvalue weighted by Crippen LogP contribution is 2.11. The van der Waals surface area contributed by atoms with Crippen molar-refractivity contribution in [1.29, 1.82) is 0 Å². The first kappa shape index (κ1) is 10.8. The van der Waals surface area contributed by atoms with E-state index < -0.39 is 0 Å². The van der Waals surface area contributed by atoms with Crippen LogP contribution in [0.4, 0.5) is 0 Å². The van der Waals surface area contributed by atoms with Crippen LogP contribution in [0, 0.1) is 0 Å². The lowest BCUT2D eigenvalue weighted by Crippen LogP contribution is -2.17. The molecule has 16 heavy (non-hydrogen) atoms. The van der Waals surface area contributed by atoms with Crippen LogP contribution in [0.2, 0.25) is 0 Å². The van der Waals surface area contributed by atoms with Gasteiger partial charge in [0.1, 0.15) is 5.76 Å². The Morgan fingerprint density at radius 1 is 1.38 bits per heavy atom. The Balaban J connectivity index is 1.76. The highest BCUT2D eigenvalue weighted by molar-refractivity contribution is 5.42. The molecule has 0 aliphatic carbocycles. The maximum absolute atomic E-state index is 5.18. The molecule has 0 saturated carbocycles. The molecule has 1 atom stereocenters. The molecule has 2 heterocycles. The summed E-state index contributed by atoms with van der Waals surface area (Å²) in [6, 6.07) is 6.06. The first-order valence-electron chi connectivity index (χ1n) is 5.32. The van der Waals surface area contributed by atoms with Gasteiger partial charge in [0.15, 0.2) is 0 Å². The smallest absolute Gasteiger partial charge is 0.126 e. The normalized spacial score (nSPS) is 13.3. The average Bonchev–Trinajstić information content (AvgIpc) is 2.96. The van der Waals surface area contributed by atoms with E-state index in [2.05, 4.69) is 12.2 Å². The molecule has 0 bridgehead atoms. The van der Waals surface area contributed by atoms with Crippen molar-refractivity contribution in [3.05, 3.63) is 54.4 Å². The number of hydrogen-bond acceptors (Lipinski definition) is 3. The van der Waals surface area contributed by atoms with E-state index in [1.807, 2.05) is 30.4 Å². The molecule has 0 aromatic carbocycles. The van der Waals surface area contributed by atoms with Gasteiger partial charge >= 0.3 is 0 Å². The van der Waals surface area contributed by atoms with Gasteiger partial charge in [-0.25, -0.2) is 0 Å². The SMILES string of the molecule is CC(NC/C=C/c1ccco1)c1ccoc1. The van der Waals surface area contributed by atoms with E-state index in [9.17, 15) is 0 Å². The van der Waals surface area contributed by atoms with Crippen molar-refractivity contribution in [2.24, 2.45) is 0 Å². The number of hydrogen-bond donors (Lipinski definition) is 1. The maximum atomic E-state index is 5.18.